The van der Waals surface area contributed by atoms with Gasteiger partial charge in [0.05, 0.1) is 11.9 Å². The highest BCUT2D eigenvalue weighted by molar-refractivity contribution is 5.76. The number of pyridine rings is 1. The number of aryl methyl sites for hydroxylation is 1. The van der Waals surface area contributed by atoms with Crippen molar-refractivity contribution in [2.45, 2.75) is 13.0 Å². The molecule has 0 saturated carbocycles. The van der Waals surface area contributed by atoms with Crippen LogP contribution in [0.15, 0.2) is 36.8 Å². The highest BCUT2D eigenvalue weighted by Gasteiger charge is 2.15. The molecule has 0 unspecified atom stereocenters. The predicted molar refractivity (Wildman–Crippen MR) is 115 cm³/mol. The van der Waals surface area contributed by atoms with Gasteiger partial charge in [-0.3, -0.25) is 0 Å². The van der Waals surface area contributed by atoms with Crippen LogP contribution in [0.3, 0.4) is 0 Å². The van der Waals surface area contributed by atoms with Gasteiger partial charge in [0.2, 0.25) is 5.95 Å². The Kier molecular flexibility index (Phi) is 5.94. The summed E-state index contributed by atoms with van der Waals surface area (Å²) < 4.78 is 2.00. The van der Waals surface area contributed by atoms with Crippen LogP contribution in [0.1, 0.15) is 6.42 Å². The topological polar surface area (TPSA) is 111 Å². The third-order valence-electron chi connectivity index (χ3n) is 5.19. The molecule has 0 aromatic carbocycles. The lowest BCUT2D eigenvalue weighted by Crippen LogP contribution is -2.44. The predicted octanol–water partition coefficient (Wildman–Crippen LogP) is 1.98. The second-order valence-corrected chi connectivity index (χ2v) is 7.39. The highest BCUT2D eigenvalue weighted by Crippen LogP contribution is 2.20. The highest BCUT2D eigenvalue weighted by atomic mass is 16.4. The first-order valence-electron chi connectivity index (χ1n) is 10.0. The molecule has 4 rings (SSSR count). The minimum absolute atomic E-state index is 0.399. The molecule has 1 fully saturated rings. The summed E-state index contributed by atoms with van der Waals surface area (Å²) in [6.45, 7) is 5.12. The minimum atomic E-state index is -1.01. The van der Waals surface area contributed by atoms with Gasteiger partial charge in [-0.2, -0.15) is 4.98 Å². The lowest BCUT2D eigenvalue weighted by Gasteiger charge is -2.33. The summed E-state index contributed by atoms with van der Waals surface area (Å²) >= 11 is 0. The van der Waals surface area contributed by atoms with Crippen LogP contribution in [0.25, 0.3) is 11.0 Å². The van der Waals surface area contributed by atoms with Crippen molar-refractivity contribution in [2.24, 2.45) is 0 Å². The Morgan fingerprint density at radius 1 is 1.13 bits per heavy atom. The quantitative estimate of drug-likeness (QED) is 0.507. The van der Waals surface area contributed by atoms with Crippen molar-refractivity contribution in [1.82, 2.24) is 29.7 Å². The number of piperazine rings is 1. The number of amides is 1. The SMILES string of the molecule is CN1CCN(c2ccc(Nc3ncc4ccn(CCCNC(=O)O)c4n3)cn2)CC1. The van der Waals surface area contributed by atoms with Crippen molar-refractivity contribution in [2.75, 3.05) is 50.0 Å². The fraction of sp³-hybridized carbons (Fsp3) is 0.400. The van der Waals surface area contributed by atoms with Crippen LogP contribution in [-0.4, -0.2) is 75.4 Å². The Bertz CT molecular complexity index is 996. The van der Waals surface area contributed by atoms with E-state index in [-0.39, 0.29) is 0 Å². The molecule has 10 nitrogen and oxygen atoms in total. The lowest BCUT2D eigenvalue weighted by atomic mass is 10.3. The number of carbonyl (C=O) groups is 1. The van der Waals surface area contributed by atoms with Gasteiger partial charge in [0, 0.05) is 57.0 Å². The largest absolute Gasteiger partial charge is 0.465 e. The number of likely N-dealkylation sites (N-methyl/N-ethyl adjacent to an activating group) is 1. The second-order valence-electron chi connectivity index (χ2n) is 7.39. The van der Waals surface area contributed by atoms with E-state index in [9.17, 15) is 4.79 Å². The molecule has 4 heterocycles. The number of nitrogens with one attached hydrogen (secondary N) is 2. The van der Waals surface area contributed by atoms with E-state index in [1.165, 1.54) is 0 Å². The number of carboxylic acid groups (broad SMARTS) is 1. The summed E-state index contributed by atoms with van der Waals surface area (Å²) in [5.41, 5.74) is 1.64. The van der Waals surface area contributed by atoms with E-state index < -0.39 is 6.09 Å². The first kappa shape index (κ1) is 19.9. The van der Waals surface area contributed by atoms with Gasteiger partial charge in [-0.1, -0.05) is 0 Å². The Morgan fingerprint density at radius 3 is 2.70 bits per heavy atom. The molecule has 0 aliphatic carbocycles. The molecular formula is C20H26N8O2. The van der Waals surface area contributed by atoms with Crippen molar-refractivity contribution >= 4 is 34.6 Å². The minimum Gasteiger partial charge on any atom is -0.465 e. The zero-order chi connectivity index (χ0) is 20.9. The maximum absolute atomic E-state index is 10.6. The normalized spacial score (nSPS) is 14.8. The first-order chi connectivity index (χ1) is 14.6. The zero-order valence-corrected chi connectivity index (χ0v) is 17.0. The van der Waals surface area contributed by atoms with Crippen molar-refractivity contribution in [3.05, 3.63) is 36.8 Å². The Balaban J connectivity index is 1.41. The van der Waals surface area contributed by atoms with E-state index in [1.54, 1.807) is 12.4 Å². The number of hydrogen-bond donors (Lipinski definition) is 3. The van der Waals surface area contributed by atoms with Crippen LogP contribution < -0.4 is 15.5 Å². The van der Waals surface area contributed by atoms with E-state index in [0.717, 1.165) is 48.7 Å². The molecule has 1 aliphatic rings. The molecule has 158 valence electrons. The first-order valence-corrected chi connectivity index (χ1v) is 10.0. The molecule has 1 saturated heterocycles. The van der Waals surface area contributed by atoms with Crippen molar-refractivity contribution in [3.63, 3.8) is 0 Å². The molecule has 0 spiro atoms. The van der Waals surface area contributed by atoms with E-state index in [4.69, 9.17) is 5.11 Å². The van der Waals surface area contributed by atoms with Crippen LogP contribution in [0.2, 0.25) is 0 Å². The zero-order valence-electron chi connectivity index (χ0n) is 17.0. The van der Waals surface area contributed by atoms with E-state index in [1.807, 2.05) is 29.0 Å². The van der Waals surface area contributed by atoms with Gasteiger partial charge in [-0.05, 0) is 31.7 Å². The van der Waals surface area contributed by atoms with Crippen LogP contribution in [0, 0.1) is 0 Å². The van der Waals surface area contributed by atoms with Crippen LogP contribution >= 0.6 is 0 Å². The molecule has 1 amide bonds. The second kappa shape index (κ2) is 8.95. The van der Waals surface area contributed by atoms with Gasteiger partial charge < -0.3 is 30.1 Å². The van der Waals surface area contributed by atoms with E-state index in [2.05, 4.69) is 42.4 Å². The molecule has 1 aliphatic heterocycles. The average Bonchev–Trinajstić information content (AvgIpc) is 3.15. The standard InChI is InChI=1S/C20H26N8O2/c1-26-9-11-27(12-10-26)17-4-3-16(14-22-17)24-19-23-13-15-5-8-28(18(15)25-19)7-2-6-21-20(29)30/h3-5,8,13-14,21H,2,6-7,9-12H2,1H3,(H,29,30)(H,23,24,25). The fourth-order valence-electron chi connectivity index (χ4n) is 3.47. The van der Waals surface area contributed by atoms with Gasteiger partial charge in [0.15, 0.2) is 0 Å². The molecule has 10 heteroatoms. The van der Waals surface area contributed by atoms with Gasteiger partial charge in [-0.15, -0.1) is 0 Å². The van der Waals surface area contributed by atoms with Crippen molar-refractivity contribution in [1.29, 1.82) is 0 Å². The number of anilines is 3. The summed E-state index contributed by atoms with van der Waals surface area (Å²) in [5.74, 6) is 1.48. The van der Waals surface area contributed by atoms with Gasteiger partial charge >= 0.3 is 6.09 Å². The molecule has 0 atom stereocenters. The number of hydrogen-bond acceptors (Lipinski definition) is 7. The molecular weight excluding hydrogens is 384 g/mol. The smallest absolute Gasteiger partial charge is 0.404 e. The fourth-order valence-corrected chi connectivity index (χ4v) is 3.47. The maximum atomic E-state index is 10.6. The maximum Gasteiger partial charge on any atom is 0.404 e. The molecule has 3 aromatic heterocycles. The third-order valence-corrected chi connectivity index (χ3v) is 5.19. The van der Waals surface area contributed by atoms with E-state index in [0.29, 0.717) is 25.5 Å². The summed E-state index contributed by atoms with van der Waals surface area (Å²) in [5, 5.41) is 15.2. The van der Waals surface area contributed by atoms with Crippen LogP contribution in [-0.2, 0) is 6.54 Å². The summed E-state index contributed by atoms with van der Waals surface area (Å²) in [6, 6.07) is 5.96. The monoisotopic (exact) mass is 410 g/mol. The lowest BCUT2D eigenvalue weighted by molar-refractivity contribution is 0.194. The average molecular weight is 410 g/mol. The molecule has 3 aromatic rings. The number of fused-ring (bicyclic) bond motifs is 1. The molecule has 0 radical (unpaired) electrons. The van der Waals surface area contributed by atoms with Gasteiger partial charge in [-0.25, -0.2) is 14.8 Å². The Morgan fingerprint density at radius 2 is 1.97 bits per heavy atom. The Labute approximate surface area is 174 Å². The molecule has 3 N–H and O–H groups in total. The summed E-state index contributed by atoms with van der Waals surface area (Å²) in [4.78, 5) is 28.8. The summed E-state index contributed by atoms with van der Waals surface area (Å²) in [6.07, 6.45) is 5.20. The van der Waals surface area contributed by atoms with E-state index >= 15 is 0 Å². The van der Waals surface area contributed by atoms with Crippen molar-refractivity contribution < 1.29 is 9.90 Å². The third kappa shape index (κ3) is 4.77. The van der Waals surface area contributed by atoms with Gasteiger partial charge in [0.1, 0.15) is 11.5 Å². The van der Waals surface area contributed by atoms with Crippen molar-refractivity contribution in [3.8, 4) is 0 Å². The number of aromatic nitrogens is 4. The number of nitrogens with zero attached hydrogens (tertiary/aromatic N) is 6. The van der Waals surface area contributed by atoms with Crippen LogP contribution in [0.4, 0.5) is 22.2 Å². The summed E-state index contributed by atoms with van der Waals surface area (Å²) in [7, 11) is 2.14. The Hall–Kier alpha value is -3.40. The molecule has 30 heavy (non-hydrogen) atoms. The van der Waals surface area contributed by atoms with Gasteiger partial charge in [0.25, 0.3) is 0 Å². The molecule has 0 bridgehead atoms. The number of rotatable bonds is 7. The van der Waals surface area contributed by atoms with Crippen LogP contribution in [0.5, 0.6) is 0 Å².